The number of furan rings is 1. The lowest BCUT2D eigenvalue weighted by molar-refractivity contribution is -0.115. The summed E-state index contributed by atoms with van der Waals surface area (Å²) in [4.78, 5) is 26.7. The van der Waals surface area contributed by atoms with Crippen molar-refractivity contribution < 1.29 is 14.0 Å². The number of nitrogens with zero attached hydrogens (tertiary/aromatic N) is 5. The van der Waals surface area contributed by atoms with Crippen LogP contribution in [0.1, 0.15) is 23.0 Å². The third-order valence-electron chi connectivity index (χ3n) is 4.01. The number of para-hydroxylation sites is 1. The number of aryl methyl sites for hydroxylation is 1. The highest BCUT2D eigenvalue weighted by atomic mass is 32.2. The molecule has 2 heterocycles. The molecule has 10 heteroatoms. The molecule has 9 nitrogen and oxygen atoms in total. The number of anilines is 1. The summed E-state index contributed by atoms with van der Waals surface area (Å²) in [5.41, 5.74) is 0.938. The Balaban J connectivity index is 1.66. The van der Waals surface area contributed by atoms with Gasteiger partial charge in [0.2, 0.25) is 11.1 Å². The number of amides is 2. The van der Waals surface area contributed by atoms with Crippen molar-refractivity contribution in [2.75, 3.05) is 17.7 Å². The van der Waals surface area contributed by atoms with Gasteiger partial charge in [0, 0.05) is 13.6 Å². The number of nitrogens with one attached hydrogen (secondary N) is 1. The Morgan fingerprint density at radius 2 is 2.07 bits per heavy atom. The molecule has 0 radical (unpaired) electrons. The SMILES string of the molecule is CCn1nnnc1SCC(=O)N(C)c1ccccc1C(=O)NCc1ccco1. The lowest BCUT2D eigenvalue weighted by Gasteiger charge is -2.20. The van der Waals surface area contributed by atoms with Gasteiger partial charge in [0.25, 0.3) is 5.91 Å². The van der Waals surface area contributed by atoms with Gasteiger partial charge in [0.1, 0.15) is 5.76 Å². The number of hydrogen-bond acceptors (Lipinski definition) is 7. The number of thioether (sulfide) groups is 1. The largest absolute Gasteiger partial charge is 0.467 e. The standard InChI is InChI=1S/C18H20N6O3S/c1-3-24-18(20-21-22-24)28-12-16(25)23(2)15-9-5-4-8-14(15)17(26)19-11-13-7-6-10-27-13/h4-10H,3,11-12H2,1-2H3,(H,19,26). The fourth-order valence-corrected chi connectivity index (χ4v) is 3.34. The maximum Gasteiger partial charge on any atom is 0.253 e. The predicted molar refractivity (Wildman–Crippen MR) is 104 cm³/mol. The van der Waals surface area contributed by atoms with Crippen LogP contribution in [-0.2, 0) is 17.9 Å². The Morgan fingerprint density at radius 1 is 1.25 bits per heavy atom. The van der Waals surface area contributed by atoms with E-state index in [2.05, 4.69) is 20.8 Å². The summed E-state index contributed by atoms with van der Waals surface area (Å²) in [7, 11) is 1.64. The van der Waals surface area contributed by atoms with E-state index in [-0.39, 0.29) is 24.1 Å². The molecule has 0 aliphatic carbocycles. The van der Waals surface area contributed by atoms with Crippen molar-refractivity contribution >= 4 is 29.3 Å². The summed E-state index contributed by atoms with van der Waals surface area (Å²) >= 11 is 1.25. The number of benzene rings is 1. The first-order valence-corrected chi connectivity index (χ1v) is 9.63. The van der Waals surface area contributed by atoms with Gasteiger partial charge in [-0.1, -0.05) is 23.9 Å². The van der Waals surface area contributed by atoms with Gasteiger partial charge in [-0.2, -0.15) is 0 Å². The number of carbonyl (C=O) groups excluding carboxylic acids is 2. The molecule has 28 heavy (non-hydrogen) atoms. The molecule has 146 valence electrons. The quantitative estimate of drug-likeness (QED) is 0.576. The van der Waals surface area contributed by atoms with Crippen LogP contribution < -0.4 is 10.2 Å². The molecule has 2 aromatic heterocycles. The fraction of sp³-hybridized carbons (Fsp3) is 0.278. The molecular weight excluding hydrogens is 380 g/mol. The Bertz CT molecular complexity index is 940. The lowest BCUT2D eigenvalue weighted by atomic mass is 10.1. The number of carbonyl (C=O) groups is 2. The second kappa shape index (κ2) is 9.18. The number of rotatable bonds is 8. The molecular formula is C18H20N6O3S. The zero-order valence-electron chi connectivity index (χ0n) is 15.5. The van der Waals surface area contributed by atoms with E-state index < -0.39 is 0 Å². The molecule has 3 aromatic rings. The van der Waals surface area contributed by atoms with Crippen LogP contribution in [0.4, 0.5) is 5.69 Å². The van der Waals surface area contributed by atoms with Crippen molar-refractivity contribution in [2.45, 2.75) is 25.2 Å². The first-order chi connectivity index (χ1) is 13.6. The number of aromatic nitrogens is 4. The molecule has 1 aromatic carbocycles. The first-order valence-electron chi connectivity index (χ1n) is 8.65. The van der Waals surface area contributed by atoms with Crippen LogP contribution in [0.2, 0.25) is 0 Å². The Kier molecular flexibility index (Phi) is 6.43. The van der Waals surface area contributed by atoms with Crippen LogP contribution in [0.15, 0.2) is 52.2 Å². The van der Waals surface area contributed by atoms with Gasteiger partial charge in [-0.25, -0.2) is 4.68 Å². The predicted octanol–water partition coefficient (Wildman–Crippen LogP) is 1.97. The van der Waals surface area contributed by atoms with Crippen LogP contribution >= 0.6 is 11.8 Å². The topological polar surface area (TPSA) is 106 Å². The van der Waals surface area contributed by atoms with Gasteiger partial charge < -0.3 is 14.6 Å². The van der Waals surface area contributed by atoms with Gasteiger partial charge in [-0.3, -0.25) is 9.59 Å². The van der Waals surface area contributed by atoms with Crippen molar-refractivity contribution in [1.29, 1.82) is 0 Å². The van der Waals surface area contributed by atoms with Gasteiger partial charge >= 0.3 is 0 Å². The van der Waals surface area contributed by atoms with Gasteiger partial charge in [0.15, 0.2) is 0 Å². The molecule has 0 bridgehead atoms. The second-order valence-corrected chi connectivity index (χ2v) is 6.74. The van der Waals surface area contributed by atoms with Gasteiger partial charge in [-0.15, -0.1) is 5.10 Å². The molecule has 0 saturated heterocycles. The summed E-state index contributed by atoms with van der Waals surface area (Å²) in [6.45, 7) is 2.82. The molecule has 0 fully saturated rings. The van der Waals surface area contributed by atoms with E-state index in [0.717, 1.165) is 0 Å². The van der Waals surface area contributed by atoms with Crippen molar-refractivity contribution in [1.82, 2.24) is 25.5 Å². The highest BCUT2D eigenvalue weighted by Gasteiger charge is 2.19. The van der Waals surface area contributed by atoms with E-state index >= 15 is 0 Å². The molecule has 0 spiro atoms. The van der Waals surface area contributed by atoms with Crippen molar-refractivity contribution in [3.8, 4) is 0 Å². The van der Waals surface area contributed by atoms with E-state index in [1.165, 1.54) is 16.7 Å². The first kappa shape index (κ1) is 19.6. The molecule has 0 aliphatic rings. The highest BCUT2D eigenvalue weighted by molar-refractivity contribution is 7.99. The van der Waals surface area contributed by atoms with Crippen LogP contribution in [0.25, 0.3) is 0 Å². The molecule has 2 amide bonds. The van der Waals surface area contributed by atoms with Crippen LogP contribution in [0, 0.1) is 0 Å². The van der Waals surface area contributed by atoms with E-state index in [1.54, 1.807) is 54.4 Å². The van der Waals surface area contributed by atoms with Crippen LogP contribution in [0.5, 0.6) is 0 Å². The monoisotopic (exact) mass is 400 g/mol. The summed E-state index contributed by atoms with van der Waals surface area (Å²) < 4.78 is 6.84. The Hall–Kier alpha value is -3.14. The smallest absolute Gasteiger partial charge is 0.253 e. The molecule has 0 saturated carbocycles. The van der Waals surface area contributed by atoms with Crippen molar-refractivity contribution in [3.05, 3.63) is 54.0 Å². The third kappa shape index (κ3) is 4.58. The minimum absolute atomic E-state index is 0.152. The molecule has 3 rings (SSSR count). The molecule has 0 aliphatic heterocycles. The maximum atomic E-state index is 12.6. The van der Waals surface area contributed by atoms with Crippen molar-refractivity contribution in [2.24, 2.45) is 0 Å². The van der Waals surface area contributed by atoms with Crippen LogP contribution in [-0.4, -0.2) is 44.8 Å². The van der Waals surface area contributed by atoms with Crippen LogP contribution in [0.3, 0.4) is 0 Å². The van der Waals surface area contributed by atoms with E-state index in [1.807, 2.05) is 6.92 Å². The lowest BCUT2D eigenvalue weighted by Crippen LogP contribution is -2.31. The Labute approximate surface area is 166 Å². The summed E-state index contributed by atoms with van der Waals surface area (Å²) in [5, 5.41) is 14.7. The summed E-state index contributed by atoms with van der Waals surface area (Å²) in [6.07, 6.45) is 1.55. The van der Waals surface area contributed by atoms with Gasteiger partial charge in [-0.05, 0) is 41.6 Å². The zero-order valence-corrected chi connectivity index (χ0v) is 16.3. The summed E-state index contributed by atoms with van der Waals surface area (Å²) in [5.74, 6) is 0.357. The molecule has 0 unspecified atom stereocenters. The Morgan fingerprint density at radius 3 is 2.82 bits per heavy atom. The minimum atomic E-state index is -0.283. The highest BCUT2D eigenvalue weighted by Crippen LogP contribution is 2.22. The average Bonchev–Trinajstić information content (AvgIpc) is 3.41. The van der Waals surface area contributed by atoms with E-state index in [4.69, 9.17) is 4.42 Å². The van der Waals surface area contributed by atoms with Crippen molar-refractivity contribution in [3.63, 3.8) is 0 Å². The molecule has 1 N–H and O–H groups in total. The fourth-order valence-electron chi connectivity index (χ4n) is 2.49. The number of hydrogen-bond donors (Lipinski definition) is 1. The normalized spacial score (nSPS) is 10.6. The van der Waals surface area contributed by atoms with Gasteiger partial charge in [0.05, 0.1) is 29.8 Å². The third-order valence-corrected chi connectivity index (χ3v) is 4.95. The number of tetrazole rings is 1. The second-order valence-electron chi connectivity index (χ2n) is 5.80. The minimum Gasteiger partial charge on any atom is -0.467 e. The average molecular weight is 400 g/mol. The maximum absolute atomic E-state index is 12.6. The summed E-state index contributed by atoms with van der Waals surface area (Å²) in [6, 6.07) is 10.5. The van der Waals surface area contributed by atoms with E-state index in [9.17, 15) is 9.59 Å². The zero-order chi connectivity index (χ0) is 19.9. The van der Waals surface area contributed by atoms with E-state index in [0.29, 0.717) is 28.7 Å². The molecule has 0 atom stereocenters.